The van der Waals surface area contributed by atoms with E-state index in [1.165, 1.54) is 12.1 Å². The highest BCUT2D eigenvalue weighted by Crippen LogP contribution is 2.25. The lowest BCUT2D eigenvalue weighted by Gasteiger charge is -2.14. The van der Waals surface area contributed by atoms with Crippen LogP contribution in [0.3, 0.4) is 0 Å². The van der Waals surface area contributed by atoms with Gasteiger partial charge in [-0.05, 0) is 44.4 Å². The lowest BCUT2D eigenvalue weighted by atomic mass is 10.2. The highest BCUT2D eigenvalue weighted by molar-refractivity contribution is 14.0. The lowest BCUT2D eigenvalue weighted by Crippen LogP contribution is -2.38. The number of guanidine groups is 1. The van der Waals surface area contributed by atoms with Crippen molar-refractivity contribution in [1.29, 1.82) is 0 Å². The fourth-order valence-electron chi connectivity index (χ4n) is 2.61. The second kappa shape index (κ2) is 12.5. The number of nitrogens with one attached hydrogen (secondary N) is 2. The van der Waals surface area contributed by atoms with Gasteiger partial charge in [0, 0.05) is 30.3 Å². The molecule has 9 heteroatoms. The van der Waals surface area contributed by atoms with Crippen molar-refractivity contribution in [2.75, 3.05) is 19.7 Å². The summed E-state index contributed by atoms with van der Waals surface area (Å²) in [6.45, 7) is 1.51. The van der Waals surface area contributed by atoms with Crippen molar-refractivity contribution < 1.29 is 18.3 Å². The number of halogens is 4. The molecule has 26 heavy (non-hydrogen) atoms. The monoisotopic (exact) mass is 503 g/mol. The Morgan fingerprint density at radius 2 is 2.23 bits per heavy atom. The third kappa shape index (κ3) is 8.22. The van der Waals surface area contributed by atoms with Gasteiger partial charge in [0.05, 0.1) is 12.6 Å². The van der Waals surface area contributed by atoms with E-state index in [4.69, 9.17) is 16.3 Å². The molecule has 0 aliphatic carbocycles. The van der Waals surface area contributed by atoms with E-state index in [0.717, 1.165) is 32.4 Å². The maximum atomic E-state index is 12.5. The molecule has 0 saturated carbocycles. The molecule has 1 saturated heterocycles. The van der Waals surface area contributed by atoms with Crippen LogP contribution in [0, 0.1) is 0 Å². The first kappa shape index (κ1) is 23.2. The topological polar surface area (TPSA) is 54.9 Å². The number of hydrogen-bond acceptors (Lipinski definition) is 3. The van der Waals surface area contributed by atoms with Gasteiger partial charge in [-0.2, -0.15) is 8.78 Å². The van der Waals surface area contributed by atoms with Crippen LogP contribution in [-0.2, 0) is 11.3 Å². The van der Waals surface area contributed by atoms with Crippen molar-refractivity contribution in [2.24, 2.45) is 4.99 Å². The second-order valence-electron chi connectivity index (χ2n) is 5.68. The van der Waals surface area contributed by atoms with Crippen LogP contribution in [0.1, 0.15) is 31.7 Å². The van der Waals surface area contributed by atoms with Gasteiger partial charge < -0.3 is 20.1 Å². The minimum atomic E-state index is -2.89. The van der Waals surface area contributed by atoms with Gasteiger partial charge in [0.15, 0.2) is 5.96 Å². The number of hydrogen-bond donors (Lipinski definition) is 2. The summed E-state index contributed by atoms with van der Waals surface area (Å²) in [7, 11) is 0. The van der Waals surface area contributed by atoms with E-state index in [0.29, 0.717) is 29.2 Å². The summed E-state index contributed by atoms with van der Waals surface area (Å²) in [5, 5.41) is 6.81. The summed E-state index contributed by atoms with van der Waals surface area (Å²) in [6.07, 6.45) is 3.41. The Morgan fingerprint density at radius 1 is 1.42 bits per heavy atom. The molecule has 0 spiro atoms. The van der Waals surface area contributed by atoms with Crippen LogP contribution in [0.5, 0.6) is 5.75 Å². The quantitative estimate of drug-likeness (QED) is 0.317. The van der Waals surface area contributed by atoms with Gasteiger partial charge in [-0.1, -0.05) is 11.6 Å². The van der Waals surface area contributed by atoms with Crippen LogP contribution in [0.4, 0.5) is 8.78 Å². The van der Waals surface area contributed by atoms with Gasteiger partial charge in [0.2, 0.25) is 0 Å². The molecule has 1 aliphatic heterocycles. The molecule has 2 rings (SSSR count). The zero-order valence-corrected chi connectivity index (χ0v) is 17.7. The fraction of sp³-hybridized carbons (Fsp3) is 0.588. The molecule has 0 radical (unpaired) electrons. The minimum Gasteiger partial charge on any atom is -0.434 e. The Balaban J connectivity index is 0.00000338. The van der Waals surface area contributed by atoms with Crippen LogP contribution in [0.25, 0.3) is 0 Å². The maximum Gasteiger partial charge on any atom is 0.387 e. The second-order valence-corrected chi connectivity index (χ2v) is 6.11. The number of rotatable bonds is 8. The molecule has 1 heterocycles. The molecular formula is C17H25ClF2IN3O2. The van der Waals surface area contributed by atoms with Gasteiger partial charge in [-0.25, -0.2) is 4.99 Å². The zero-order valence-electron chi connectivity index (χ0n) is 14.6. The molecule has 1 aromatic carbocycles. The summed E-state index contributed by atoms with van der Waals surface area (Å²) in [4.78, 5) is 4.43. The van der Waals surface area contributed by atoms with Crippen molar-refractivity contribution in [1.82, 2.24) is 10.6 Å². The molecule has 0 bridgehead atoms. The van der Waals surface area contributed by atoms with Gasteiger partial charge in [0.25, 0.3) is 0 Å². The van der Waals surface area contributed by atoms with Crippen LogP contribution in [0.15, 0.2) is 23.2 Å². The highest BCUT2D eigenvalue weighted by atomic mass is 127. The first-order valence-electron chi connectivity index (χ1n) is 8.45. The average Bonchev–Trinajstić information content (AvgIpc) is 3.08. The Kier molecular flexibility index (Phi) is 11.1. The van der Waals surface area contributed by atoms with E-state index in [9.17, 15) is 8.78 Å². The van der Waals surface area contributed by atoms with Gasteiger partial charge in [0.1, 0.15) is 5.75 Å². The molecule has 148 valence electrons. The Bertz CT molecular complexity index is 573. The molecule has 1 unspecified atom stereocenters. The normalized spacial score (nSPS) is 17.1. The third-order valence-electron chi connectivity index (χ3n) is 3.77. The summed E-state index contributed by atoms with van der Waals surface area (Å²) < 4.78 is 35.1. The number of ether oxygens (including phenoxy) is 2. The lowest BCUT2D eigenvalue weighted by molar-refractivity contribution is -0.0504. The van der Waals surface area contributed by atoms with Crippen molar-refractivity contribution in [3.63, 3.8) is 0 Å². The average molecular weight is 504 g/mol. The van der Waals surface area contributed by atoms with E-state index in [2.05, 4.69) is 20.4 Å². The van der Waals surface area contributed by atoms with E-state index >= 15 is 0 Å². The first-order valence-corrected chi connectivity index (χ1v) is 8.83. The van der Waals surface area contributed by atoms with E-state index in [1.54, 1.807) is 6.07 Å². The first-order chi connectivity index (χ1) is 12.1. The molecular weight excluding hydrogens is 479 g/mol. The van der Waals surface area contributed by atoms with Crippen molar-refractivity contribution >= 4 is 41.5 Å². The van der Waals surface area contributed by atoms with Crippen LogP contribution in [-0.4, -0.2) is 38.4 Å². The molecule has 0 amide bonds. The van der Waals surface area contributed by atoms with Crippen molar-refractivity contribution in [3.05, 3.63) is 28.8 Å². The SMILES string of the molecule is CCNC(=NCc1cc(Cl)ccc1OC(F)F)NCCC1CCCO1.I. The molecule has 2 N–H and O–H groups in total. The molecule has 1 aromatic rings. The van der Waals surface area contributed by atoms with E-state index in [1.807, 2.05) is 6.92 Å². The number of nitrogens with zero attached hydrogens (tertiary/aromatic N) is 1. The smallest absolute Gasteiger partial charge is 0.387 e. The Hall–Kier alpha value is -0.870. The van der Waals surface area contributed by atoms with Gasteiger partial charge >= 0.3 is 6.61 Å². The van der Waals surface area contributed by atoms with Gasteiger partial charge in [-0.3, -0.25) is 0 Å². The zero-order chi connectivity index (χ0) is 18.1. The summed E-state index contributed by atoms with van der Waals surface area (Å²) in [6, 6.07) is 4.52. The van der Waals surface area contributed by atoms with Crippen molar-refractivity contribution in [2.45, 2.75) is 45.4 Å². The summed E-state index contributed by atoms with van der Waals surface area (Å²) in [5.41, 5.74) is 0.504. The summed E-state index contributed by atoms with van der Waals surface area (Å²) >= 11 is 5.95. The van der Waals surface area contributed by atoms with E-state index < -0.39 is 6.61 Å². The largest absolute Gasteiger partial charge is 0.434 e. The Labute approximate surface area is 174 Å². The maximum absolute atomic E-state index is 12.5. The van der Waals surface area contributed by atoms with Crippen LogP contribution < -0.4 is 15.4 Å². The third-order valence-corrected chi connectivity index (χ3v) is 4.01. The fourth-order valence-corrected chi connectivity index (χ4v) is 2.81. The molecule has 1 aliphatic rings. The Morgan fingerprint density at radius 3 is 2.88 bits per heavy atom. The predicted molar refractivity (Wildman–Crippen MR) is 110 cm³/mol. The van der Waals surface area contributed by atoms with Crippen LogP contribution in [0.2, 0.25) is 5.02 Å². The van der Waals surface area contributed by atoms with E-state index in [-0.39, 0.29) is 36.3 Å². The predicted octanol–water partition coefficient (Wildman–Crippen LogP) is 4.18. The molecule has 1 fully saturated rings. The van der Waals surface area contributed by atoms with Gasteiger partial charge in [-0.15, -0.1) is 24.0 Å². The van der Waals surface area contributed by atoms with Crippen molar-refractivity contribution in [3.8, 4) is 5.75 Å². The minimum absolute atomic E-state index is 0. The number of aliphatic imine (C=N–C) groups is 1. The standard InChI is InChI=1S/C17H24ClF2N3O2.HI/c1-2-21-17(22-8-7-14-4-3-9-24-14)23-11-12-10-13(18)5-6-15(12)25-16(19)20;/h5-6,10,14,16H,2-4,7-9,11H2,1H3,(H2,21,22,23);1H. The molecule has 5 nitrogen and oxygen atoms in total. The van der Waals surface area contributed by atoms with Crippen LogP contribution >= 0.6 is 35.6 Å². The molecule has 0 aromatic heterocycles. The number of benzene rings is 1. The number of alkyl halides is 2. The molecule has 1 atom stereocenters. The highest BCUT2D eigenvalue weighted by Gasteiger charge is 2.15. The summed E-state index contributed by atoms with van der Waals surface area (Å²) in [5.74, 6) is 0.696.